The zero-order chi connectivity index (χ0) is 31.0. The molecule has 1 saturated heterocycles. The number of fused-ring (bicyclic) bond motifs is 2. The summed E-state index contributed by atoms with van der Waals surface area (Å²) < 4.78 is 0. The Bertz CT molecular complexity index is 1700. The van der Waals surface area contributed by atoms with Crippen molar-refractivity contribution in [3.63, 3.8) is 0 Å². The molecule has 0 spiro atoms. The van der Waals surface area contributed by atoms with E-state index in [2.05, 4.69) is 89.7 Å². The van der Waals surface area contributed by atoms with Crippen molar-refractivity contribution >= 4 is 62.4 Å². The Morgan fingerprint density at radius 2 is 1.14 bits per heavy atom. The van der Waals surface area contributed by atoms with E-state index in [1.165, 1.54) is 0 Å². The molecule has 0 atom stereocenters. The van der Waals surface area contributed by atoms with E-state index in [9.17, 15) is 0 Å². The van der Waals surface area contributed by atoms with Gasteiger partial charge in [-0.2, -0.15) is 15.0 Å². The molecule has 0 amide bonds. The van der Waals surface area contributed by atoms with Crippen molar-refractivity contribution in [2.75, 3.05) is 86.8 Å². The lowest BCUT2D eigenvalue weighted by Crippen LogP contribution is -2.30. The highest BCUT2D eigenvalue weighted by Crippen LogP contribution is 2.31. The molecule has 0 bridgehead atoms. The van der Waals surface area contributed by atoms with Gasteiger partial charge in [-0.05, 0) is 82.4 Å². The van der Waals surface area contributed by atoms with Crippen molar-refractivity contribution in [2.45, 2.75) is 20.3 Å². The molecule has 6 rings (SSSR count). The molecule has 1 aliphatic heterocycles. The van der Waals surface area contributed by atoms with Crippen molar-refractivity contribution < 1.29 is 0 Å². The molecule has 0 radical (unpaired) electrons. The van der Waals surface area contributed by atoms with Crippen LogP contribution >= 0.6 is 0 Å². The first-order chi connectivity index (χ1) is 21.1. The third kappa shape index (κ3) is 6.28. The van der Waals surface area contributed by atoms with Crippen LogP contribution in [0.15, 0.2) is 48.5 Å². The summed E-state index contributed by atoms with van der Waals surface area (Å²) >= 11 is 0. The Morgan fingerprint density at radius 1 is 0.614 bits per heavy atom. The summed E-state index contributed by atoms with van der Waals surface area (Å²) in [6.45, 7) is 7.78. The fourth-order valence-corrected chi connectivity index (χ4v) is 5.69. The molecule has 0 aliphatic carbocycles. The number of anilines is 7. The number of aromatic nitrogens is 5. The molecule has 3 aromatic heterocycles. The first-order valence-electron chi connectivity index (χ1n) is 15.0. The highest BCUT2D eigenvalue weighted by atomic mass is 15.3. The van der Waals surface area contributed by atoms with Gasteiger partial charge in [0.2, 0.25) is 17.8 Å². The van der Waals surface area contributed by atoms with Gasteiger partial charge >= 0.3 is 0 Å². The Morgan fingerprint density at radius 3 is 1.64 bits per heavy atom. The predicted molar refractivity (Wildman–Crippen MR) is 182 cm³/mol. The minimum atomic E-state index is 0.480. The molecule has 11 nitrogen and oxygen atoms in total. The Labute approximate surface area is 259 Å². The number of nitrogens with zero attached hydrogens (tertiary/aromatic N) is 9. The maximum absolute atomic E-state index is 4.90. The fourth-order valence-electron chi connectivity index (χ4n) is 5.69. The largest absolute Gasteiger partial charge is 0.377 e. The number of rotatable bonds is 7. The quantitative estimate of drug-likeness (QED) is 0.256. The minimum absolute atomic E-state index is 0.480. The molecule has 0 saturated carbocycles. The molecule has 4 heterocycles. The zero-order valence-electron chi connectivity index (χ0n) is 26.7. The van der Waals surface area contributed by atoms with Crippen molar-refractivity contribution in [3.8, 4) is 0 Å². The monoisotopic (exact) mass is 591 g/mol. The second-order valence-corrected chi connectivity index (χ2v) is 12.0. The lowest BCUT2D eigenvalue weighted by atomic mass is 10.1. The highest BCUT2D eigenvalue weighted by Gasteiger charge is 2.18. The molecule has 2 aromatic carbocycles. The van der Waals surface area contributed by atoms with Gasteiger partial charge in [0, 0.05) is 92.7 Å². The van der Waals surface area contributed by atoms with Gasteiger partial charge in [-0.25, -0.2) is 0 Å². The number of hydrogen-bond acceptors (Lipinski definition) is 11. The van der Waals surface area contributed by atoms with E-state index in [-0.39, 0.29) is 0 Å². The smallest absolute Gasteiger partial charge is 0.233 e. The third-order valence-electron chi connectivity index (χ3n) is 7.93. The molecular weight excluding hydrogens is 550 g/mol. The van der Waals surface area contributed by atoms with E-state index in [4.69, 9.17) is 24.9 Å². The topological polar surface area (TPSA) is 101 Å². The molecule has 2 N–H and O–H groups in total. The maximum atomic E-state index is 4.90. The van der Waals surface area contributed by atoms with Crippen molar-refractivity contribution in [1.29, 1.82) is 0 Å². The standard InChI is InChI=1S/C33H41N11/c1-21-17-29(41(3)4)25-19-23(9-11-27(25)34-21)36-31-38-32(40-33(39-31)44-14-8-13-43(7)15-16-44)37-24-10-12-28-26(20-24)30(42(5)6)18-22(2)35-28/h9-12,17-20H,8,13-16H2,1-7H3,(H2,36,37,38,39,40). The normalized spacial score (nSPS) is 14.1. The van der Waals surface area contributed by atoms with E-state index >= 15 is 0 Å². The van der Waals surface area contributed by atoms with Gasteiger partial charge in [0.1, 0.15) is 0 Å². The van der Waals surface area contributed by atoms with Crippen LogP contribution in [0.1, 0.15) is 17.8 Å². The molecule has 44 heavy (non-hydrogen) atoms. The number of pyridine rings is 2. The molecular formula is C33H41N11. The van der Waals surface area contributed by atoms with E-state index in [1.54, 1.807) is 0 Å². The molecule has 228 valence electrons. The van der Waals surface area contributed by atoms with Crippen molar-refractivity contribution in [1.82, 2.24) is 29.8 Å². The van der Waals surface area contributed by atoms with E-state index < -0.39 is 0 Å². The second kappa shape index (κ2) is 12.1. The lowest BCUT2D eigenvalue weighted by Gasteiger charge is -2.22. The summed E-state index contributed by atoms with van der Waals surface area (Å²) in [6.07, 6.45) is 1.04. The van der Waals surface area contributed by atoms with Crippen LogP contribution in [0.3, 0.4) is 0 Å². The van der Waals surface area contributed by atoms with Crippen LogP contribution in [0.5, 0.6) is 0 Å². The Hall–Kier alpha value is -4.77. The Balaban J connectivity index is 1.38. The van der Waals surface area contributed by atoms with Gasteiger partial charge in [0.05, 0.1) is 11.0 Å². The SMILES string of the molecule is Cc1cc(N(C)C)c2cc(Nc3nc(Nc4ccc5nc(C)cc(N(C)C)c5c4)nc(N4CCCN(C)CC4)n3)ccc2n1. The molecule has 1 aliphatic rings. The average molecular weight is 592 g/mol. The van der Waals surface area contributed by atoms with Gasteiger partial charge in [0.15, 0.2) is 0 Å². The number of hydrogen-bond donors (Lipinski definition) is 2. The molecule has 0 unspecified atom stereocenters. The van der Waals surface area contributed by atoms with Crippen molar-refractivity contribution in [2.24, 2.45) is 0 Å². The number of nitrogens with one attached hydrogen (secondary N) is 2. The lowest BCUT2D eigenvalue weighted by molar-refractivity contribution is 0.360. The van der Waals surface area contributed by atoms with Crippen molar-refractivity contribution in [3.05, 3.63) is 59.9 Å². The van der Waals surface area contributed by atoms with E-state index in [0.29, 0.717) is 17.8 Å². The van der Waals surface area contributed by atoms with Crippen LogP contribution in [0.2, 0.25) is 0 Å². The van der Waals surface area contributed by atoms with Gasteiger partial charge in [0.25, 0.3) is 0 Å². The minimum Gasteiger partial charge on any atom is -0.377 e. The first-order valence-corrected chi connectivity index (χ1v) is 15.0. The highest BCUT2D eigenvalue weighted by molar-refractivity contribution is 5.95. The average Bonchev–Trinajstić information content (AvgIpc) is 3.20. The van der Waals surface area contributed by atoms with E-state index in [1.807, 2.05) is 38.1 Å². The molecule has 5 aromatic rings. The second-order valence-electron chi connectivity index (χ2n) is 12.0. The van der Waals surface area contributed by atoms with Crippen LogP contribution in [0, 0.1) is 13.8 Å². The number of benzene rings is 2. The van der Waals surface area contributed by atoms with E-state index in [0.717, 1.165) is 88.5 Å². The molecule has 11 heteroatoms. The molecule has 1 fully saturated rings. The third-order valence-corrected chi connectivity index (χ3v) is 7.93. The van der Waals surface area contributed by atoms with Gasteiger partial charge in [-0.15, -0.1) is 0 Å². The summed E-state index contributed by atoms with van der Waals surface area (Å²) in [5.41, 5.74) is 7.86. The number of aryl methyl sites for hydroxylation is 2. The van der Waals surface area contributed by atoms with Crippen LogP contribution in [0.4, 0.5) is 40.6 Å². The van der Waals surface area contributed by atoms with Gasteiger partial charge in [-0.3, -0.25) is 9.97 Å². The summed E-state index contributed by atoms with van der Waals surface area (Å²) in [6, 6.07) is 16.5. The van der Waals surface area contributed by atoms with Crippen LogP contribution in [0.25, 0.3) is 21.8 Å². The summed E-state index contributed by atoms with van der Waals surface area (Å²) in [5, 5.41) is 9.05. The summed E-state index contributed by atoms with van der Waals surface area (Å²) in [5.74, 6) is 1.61. The summed E-state index contributed by atoms with van der Waals surface area (Å²) in [4.78, 5) is 32.9. The summed E-state index contributed by atoms with van der Waals surface area (Å²) in [7, 11) is 10.4. The van der Waals surface area contributed by atoms with Crippen LogP contribution in [-0.2, 0) is 0 Å². The van der Waals surface area contributed by atoms with Gasteiger partial charge in [-0.1, -0.05) is 0 Å². The maximum Gasteiger partial charge on any atom is 0.233 e. The predicted octanol–water partition coefficient (Wildman–Crippen LogP) is 5.35. The zero-order valence-corrected chi connectivity index (χ0v) is 26.7. The van der Waals surface area contributed by atoms with Crippen LogP contribution in [-0.4, -0.2) is 91.2 Å². The van der Waals surface area contributed by atoms with Crippen LogP contribution < -0.4 is 25.3 Å². The number of likely N-dealkylation sites (N-methyl/N-ethyl adjacent to an activating group) is 1. The van der Waals surface area contributed by atoms with Gasteiger partial charge < -0.3 is 30.2 Å². The fraction of sp³-hybridized carbons (Fsp3) is 0.364. The Kier molecular flexibility index (Phi) is 8.05. The first kappa shape index (κ1) is 29.3.